The highest BCUT2D eigenvalue weighted by Crippen LogP contribution is 2.29. The highest BCUT2D eigenvalue weighted by molar-refractivity contribution is 9.10. The van der Waals surface area contributed by atoms with Crippen LogP contribution in [0.1, 0.15) is 21.7 Å². The number of nitrogens with one attached hydrogen (secondary N) is 1. The van der Waals surface area contributed by atoms with Gasteiger partial charge in [-0.1, -0.05) is 29.8 Å². The summed E-state index contributed by atoms with van der Waals surface area (Å²) in [6.45, 7) is 0.359. The van der Waals surface area contributed by atoms with Crippen molar-refractivity contribution in [3.8, 4) is 0 Å². The van der Waals surface area contributed by atoms with E-state index in [-0.39, 0.29) is 11.5 Å². The number of aromatic nitrogens is 4. The minimum Gasteiger partial charge on any atom is -0.303 e. The van der Waals surface area contributed by atoms with Crippen LogP contribution in [0.15, 0.2) is 41.0 Å². The van der Waals surface area contributed by atoms with Crippen molar-refractivity contribution in [3.05, 3.63) is 63.0 Å². The van der Waals surface area contributed by atoms with Crippen LogP contribution in [-0.2, 0) is 19.8 Å². The van der Waals surface area contributed by atoms with Crippen LogP contribution in [0.4, 0.5) is 19.0 Å². The summed E-state index contributed by atoms with van der Waals surface area (Å²) in [6.07, 6.45) is -3.00. The maximum Gasteiger partial charge on any atom is 0.435 e. The molecule has 3 aromatic rings. The van der Waals surface area contributed by atoms with Crippen molar-refractivity contribution in [2.24, 2.45) is 7.05 Å². The zero-order valence-electron chi connectivity index (χ0n) is 13.8. The van der Waals surface area contributed by atoms with Gasteiger partial charge in [0.2, 0.25) is 0 Å². The Bertz CT molecular complexity index is 998. The van der Waals surface area contributed by atoms with Gasteiger partial charge in [0.15, 0.2) is 11.5 Å². The lowest BCUT2D eigenvalue weighted by Gasteiger charge is -2.04. The number of aryl methyl sites for hydroxylation is 1. The molecule has 1 N–H and O–H groups in total. The number of alkyl halides is 3. The molecule has 1 aromatic carbocycles. The molecule has 142 valence electrons. The van der Waals surface area contributed by atoms with E-state index in [1.807, 2.05) is 12.1 Å². The highest BCUT2D eigenvalue weighted by atomic mass is 79.9. The number of benzene rings is 1. The van der Waals surface area contributed by atoms with E-state index >= 15 is 0 Å². The Morgan fingerprint density at radius 1 is 1.30 bits per heavy atom. The second-order valence-corrected chi connectivity index (χ2v) is 6.87. The Balaban J connectivity index is 1.78. The minimum atomic E-state index is -4.63. The molecular weight excluding hydrogens is 451 g/mol. The summed E-state index contributed by atoms with van der Waals surface area (Å²) in [7, 11) is 1.26. The first-order valence-electron chi connectivity index (χ1n) is 7.54. The number of rotatable bonds is 4. The lowest BCUT2D eigenvalue weighted by atomic mass is 10.2. The number of amides is 1. The summed E-state index contributed by atoms with van der Waals surface area (Å²) < 4.78 is 41.1. The Labute approximate surface area is 165 Å². The number of anilines is 1. The molecule has 0 fully saturated rings. The van der Waals surface area contributed by atoms with Crippen LogP contribution in [-0.4, -0.2) is 25.5 Å². The summed E-state index contributed by atoms with van der Waals surface area (Å²) in [6, 6.07) is 7.91. The maximum absolute atomic E-state index is 12.7. The van der Waals surface area contributed by atoms with Crippen molar-refractivity contribution in [2.45, 2.75) is 12.7 Å². The second kappa shape index (κ2) is 7.35. The first-order chi connectivity index (χ1) is 12.6. The highest BCUT2D eigenvalue weighted by Gasteiger charge is 2.35. The van der Waals surface area contributed by atoms with Gasteiger partial charge < -0.3 is 5.32 Å². The molecule has 0 spiro atoms. The molecule has 0 saturated carbocycles. The molecule has 0 aliphatic carbocycles. The van der Waals surface area contributed by atoms with E-state index in [9.17, 15) is 18.0 Å². The average Bonchev–Trinajstić information content (AvgIpc) is 3.13. The summed E-state index contributed by atoms with van der Waals surface area (Å²) in [5.41, 5.74) is -0.554. The third-order valence-corrected chi connectivity index (χ3v) is 4.59. The fraction of sp³-hybridized carbons (Fsp3) is 0.188. The number of nitrogens with zero attached hydrogens (tertiary/aromatic N) is 4. The van der Waals surface area contributed by atoms with Crippen molar-refractivity contribution in [3.63, 3.8) is 0 Å². The van der Waals surface area contributed by atoms with E-state index in [0.717, 1.165) is 10.2 Å². The number of carbonyl (C=O) groups is 1. The third-order valence-electron chi connectivity index (χ3n) is 3.64. The molecule has 0 atom stereocenters. The van der Waals surface area contributed by atoms with Gasteiger partial charge in [-0.2, -0.15) is 23.4 Å². The van der Waals surface area contributed by atoms with Crippen LogP contribution >= 0.6 is 27.5 Å². The molecule has 0 bridgehead atoms. The van der Waals surface area contributed by atoms with Gasteiger partial charge in [-0.15, -0.1) is 0 Å². The molecule has 0 radical (unpaired) electrons. The molecule has 2 aromatic heterocycles. The SMILES string of the molecule is Cn1nc(C(F)(F)F)cc1C(=O)Nc1nn(Cc2ccccc2Cl)cc1Br. The van der Waals surface area contributed by atoms with Gasteiger partial charge >= 0.3 is 6.18 Å². The number of carbonyl (C=O) groups excluding carboxylic acids is 1. The first-order valence-corrected chi connectivity index (χ1v) is 8.71. The van der Waals surface area contributed by atoms with E-state index in [1.165, 1.54) is 7.05 Å². The molecule has 6 nitrogen and oxygen atoms in total. The Kier molecular flexibility index (Phi) is 5.29. The third kappa shape index (κ3) is 4.33. The summed E-state index contributed by atoms with van der Waals surface area (Å²) in [5, 5.41) is 10.6. The van der Waals surface area contributed by atoms with E-state index in [2.05, 4.69) is 31.4 Å². The largest absolute Gasteiger partial charge is 0.435 e. The van der Waals surface area contributed by atoms with Crippen LogP contribution in [0.2, 0.25) is 5.02 Å². The Morgan fingerprint density at radius 3 is 2.63 bits per heavy atom. The average molecular weight is 463 g/mol. The van der Waals surface area contributed by atoms with E-state index < -0.39 is 17.8 Å². The first kappa shape index (κ1) is 19.4. The standard InChI is InChI=1S/C16H12BrClF3N5O/c1-25-12(6-13(23-25)16(19,20)21)15(27)22-14-10(17)8-26(24-14)7-9-4-2-3-5-11(9)18/h2-6,8H,7H2,1H3,(H,22,24,27). The van der Waals surface area contributed by atoms with E-state index in [4.69, 9.17) is 11.6 Å². The molecule has 11 heteroatoms. The van der Waals surface area contributed by atoms with Gasteiger partial charge in [0.25, 0.3) is 5.91 Å². The Morgan fingerprint density at radius 2 is 2.00 bits per heavy atom. The molecule has 1 amide bonds. The van der Waals surface area contributed by atoms with E-state index in [1.54, 1.807) is 23.0 Å². The molecule has 27 heavy (non-hydrogen) atoms. The van der Waals surface area contributed by atoms with Crippen molar-refractivity contribution >= 4 is 39.3 Å². The van der Waals surface area contributed by atoms with Gasteiger partial charge in [-0.25, -0.2) is 0 Å². The topological polar surface area (TPSA) is 64.7 Å². The Hall–Kier alpha value is -2.33. The lowest BCUT2D eigenvalue weighted by molar-refractivity contribution is -0.141. The number of hydrogen-bond donors (Lipinski definition) is 1. The molecule has 3 rings (SSSR count). The van der Waals surface area contributed by atoms with Crippen molar-refractivity contribution < 1.29 is 18.0 Å². The van der Waals surface area contributed by atoms with Gasteiger partial charge in [-0.05, 0) is 27.6 Å². The van der Waals surface area contributed by atoms with Crippen LogP contribution in [0, 0.1) is 0 Å². The maximum atomic E-state index is 12.7. The van der Waals surface area contributed by atoms with E-state index in [0.29, 0.717) is 22.1 Å². The molecule has 0 aliphatic heterocycles. The molecule has 0 saturated heterocycles. The normalized spacial score (nSPS) is 11.6. The predicted octanol–water partition coefficient (Wildman–Crippen LogP) is 4.35. The quantitative estimate of drug-likeness (QED) is 0.627. The number of halogens is 5. The van der Waals surface area contributed by atoms with Crippen LogP contribution in [0.25, 0.3) is 0 Å². The summed E-state index contributed by atoms with van der Waals surface area (Å²) in [4.78, 5) is 12.3. The summed E-state index contributed by atoms with van der Waals surface area (Å²) in [5.74, 6) is -0.592. The van der Waals surface area contributed by atoms with Gasteiger partial charge in [0, 0.05) is 24.3 Å². The van der Waals surface area contributed by atoms with Crippen LogP contribution in [0.5, 0.6) is 0 Å². The van der Waals surface area contributed by atoms with Crippen molar-refractivity contribution in [1.82, 2.24) is 19.6 Å². The molecule has 0 unspecified atom stereocenters. The number of hydrogen-bond acceptors (Lipinski definition) is 3. The molecule has 2 heterocycles. The fourth-order valence-electron chi connectivity index (χ4n) is 2.35. The lowest BCUT2D eigenvalue weighted by Crippen LogP contribution is -2.17. The van der Waals surface area contributed by atoms with Crippen LogP contribution < -0.4 is 5.32 Å². The summed E-state index contributed by atoms with van der Waals surface area (Å²) >= 11 is 9.39. The van der Waals surface area contributed by atoms with Gasteiger partial charge in [0.1, 0.15) is 5.69 Å². The van der Waals surface area contributed by atoms with Gasteiger partial charge in [-0.3, -0.25) is 14.2 Å². The predicted molar refractivity (Wildman–Crippen MR) is 96.6 cm³/mol. The monoisotopic (exact) mass is 461 g/mol. The minimum absolute atomic E-state index is 0.168. The van der Waals surface area contributed by atoms with Crippen LogP contribution in [0.3, 0.4) is 0 Å². The zero-order chi connectivity index (χ0) is 19.8. The fourth-order valence-corrected chi connectivity index (χ4v) is 2.96. The zero-order valence-corrected chi connectivity index (χ0v) is 16.1. The van der Waals surface area contributed by atoms with Crippen molar-refractivity contribution in [2.75, 3.05) is 5.32 Å². The molecular formula is C16H12BrClF3N5O. The second-order valence-electron chi connectivity index (χ2n) is 5.60. The smallest absolute Gasteiger partial charge is 0.303 e. The molecule has 0 aliphatic rings. The van der Waals surface area contributed by atoms with Gasteiger partial charge in [0.05, 0.1) is 11.0 Å². The van der Waals surface area contributed by atoms with Crippen molar-refractivity contribution in [1.29, 1.82) is 0 Å².